The smallest absolute Gasteiger partial charge is 0.325 e. The Balaban J connectivity index is 1.68. The largest absolute Gasteiger partial charge is 0.489 e. The van der Waals surface area contributed by atoms with E-state index in [1.165, 1.54) is 23.0 Å². The predicted octanol–water partition coefficient (Wildman–Crippen LogP) is 4.19. The Hall–Kier alpha value is -3.24. The number of esters is 1. The summed E-state index contributed by atoms with van der Waals surface area (Å²) in [7, 11) is 2.85. The molecule has 1 aromatic heterocycles. The van der Waals surface area contributed by atoms with Gasteiger partial charge in [0.05, 0.1) is 13.7 Å². The number of carbonyl (C=O) groups excluding carboxylic acids is 2. The van der Waals surface area contributed by atoms with E-state index in [2.05, 4.69) is 15.9 Å². The molecule has 1 aliphatic rings. The number of thiocarbonyl (C=S) groups is 1. The highest BCUT2D eigenvalue weighted by atomic mass is 79.9. The van der Waals surface area contributed by atoms with Crippen LogP contribution in [-0.4, -0.2) is 58.7 Å². The monoisotopic (exact) mass is 545 g/mol. The van der Waals surface area contributed by atoms with Gasteiger partial charge in [-0.05, 0) is 48.6 Å². The molecule has 3 aromatic rings. The van der Waals surface area contributed by atoms with Crippen LogP contribution in [0.4, 0.5) is 4.39 Å². The molecule has 1 amide bonds. The van der Waals surface area contributed by atoms with Crippen LogP contribution in [0.3, 0.4) is 0 Å². The van der Waals surface area contributed by atoms with Crippen molar-refractivity contribution in [2.75, 3.05) is 27.3 Å². The number of amides is 1. The Morgan fingerprint density at radius 3 is 2.74 bits per heavy atom. The minimum Gasteiger partial charge on any atom is -0.489 e. The second kappa shape index (κ2) is 9.94. The maximum atomic E-state index is 13.9. The van der Waals surface area contributed by atoms with Crippen LogP contribution in [0.25, 0.3) is 17.0 Å². The molecule has 0 N–H and O–H groups in total. The molecule has 176 valence electrons. The molecule has 1 fully saturated rings. The summed E-state index contributed by atoms with van der Waals surface area (Å²) in [4.78, 5) is 27.6. The zero-order valence-electron chi connectivity index (χ0n) is 18.5. The van der Waals surface area contributed by atoms with Crippen LogP contribution in [0.5, 0.6) is 5.75 Å². The number of aromatic nitrogens is 1. The Kier molecular flexibility index (Phi) is 6.99. The third-order valence-corrected chi connectivity index (χ3v) is 6.43. The fraction of sp³-hybridized carbons (Fsp3) is 0.208. The van der Waals surface area contributed by atoms with Gasteiger partial charge >= 0.3 is 5.97 Å². The van der Waals surface area contributed by atoms with Crippen molar-refractivity contribution in [3.8, 4) is 5.75 Å². The van der Waals surface area contributed by atoms with Gasteiger partial charge in [-0.25, -0.2) is 4.39 Å². The van der Waals surface area contributed by atoms with Crippen LogP contribution in [0.1, 0.15) is 5.56 Å². The Labute approximate surface area is 209 Å². The van der Waals surface area contributed by atoms with E-state index in [-0.39, 0.29) is 35.6 Å². The van der Waals surface area contributed by atoms with Gasteiger partial charge in [0.2, 0.25) is 0 Å². The third-order valence-electron chi connectivity index (χ3n) is 5.44. The van der Waals surface area contributed by atoms with Crippen molar-refractivity contribution < 1.29 is 23.5 Å². The van der Waals surface area contributed by atoms with Gasteiger partial charge in [0.25, 0.3) is 5.91 Å². The zero-order chi connectivity index (χ0) is 24.4. The highest BCUT2D eigenvalue weighted by Crippen LogP contribution is 2.30. The second-order valence-corrected chi connectivity index (χ2v) is 8.84. The normalized spacial score (nSPS) is 15.0. The van der Waals surface area contributed by atoms with Crippen molar-refractivity contribution in [2.45, 2.75) is 6.54 Å². The minimum absolute atomic E-state index is 0.171. The number of likely N-dealkylation sites (N-methyl/N-ethyl adjacent to an activating group) is 1. The predicted molar refractivity (Wildman–Crippen MR) is 134 cm³/mol. The topological polar surface area (TPSA) is 64.0 Å². The number of hydrogen-bond acceptors (Lipinski definition) is 5. The first kappa shape index (κ1) is 23.9. The number of halogens is 2. The van der Waals surface area contributed by atoms with E-state index in [1.807, 2.05) is 29.0 Å². The molecule has 34 heavy (non-hydrogen) atoms. The van der Waals surface area contributed by atoms with E-state index in [0.717, 1.165) is 20.9 Å². The van der Waals surface area contributed by atoms with Crippen molar-refractivity contribution >= 4 is 62.1 Å². The minimum atomic E-state index is -0.508. The standard InChI is InChI=1S/C24H21BrFN3O4S/c1-27-23(31)20(29(24(27)34)14-22(30)32-2)11-15-13-28(19-8-7-16(25)12-17(15)19)9-10-33-21-6-4-3-5-18(21)26/h3-8,11-13H,9-10,14H2,1-2H3/b20-11-. The number of nitrogens with zero attached hydrogens (tertiary/aromatic N) is 3. The van der Waals surface area contributed by atoms with Gasteiger partial charge in [-0.1, -0.05) is 28.1 Å². The van der Waals surface area contributed by atoms with Gasteiger partial charge < -0.3 is 18.9 Å². The summed E-state index contributed by atoms with van der Waals surface area (Å²) in [5, 5.41) is 1.11. The Morgan fingerprint density at radius 1 is 1.24 bits per heavy atom. The van der Waals surface area contributed by atoms with Gasteiger partial charge in [-0.15, -0.1) is 0 Å². The lowest BCUT2D eigenvalue weighted by atomic mass is 10.1. The first-order valence-electron chi connectivity index (χ1n) is 10.3. The fourth-order valence-electron chi connectivity index (χ4n) is 3.70. The molecule has 7 nitrogen and oxygen atoms in total. The number of hydrogen-bond donors (Lipinski definition) is 0. The van der Waals surface area contributed by atoms with E-state index in [1.54, 1.807) is 31.3 Å². The molecule has 2 heterocycles. The maximum absolute atomic E-state index is 13.9. The second-order valence-electron chi connectivity index (χ2n) is 7.56. The van der Waals surface area contributed by atoms with Crippen LogP contribution in [0.15, 0.2) is 58.8 Å². The Morgan fingerprint density at radius 2 is 2.00 bits per heavy atom. The van der Waals surface area contributed by atoms with E-state index < -0.39 is 11.8 Å². The lowest BCUT2D eigenvalue weighted by Crippen LogP contribution is -2.33. The molecule has 0 bridgehead atoms. The van der Waals surface area contributed by atoms with Crippen molar-refractivity contribution in [3.05, 3.63) is 70.2 Å². The average molecular weight is 546 g/mol. The van der Waals surface area contributed by atoms with Gasteiger partial charge in [0, 0.05) is 34.2 Å². The summed E-state index contributed by atoms with van der Waals surface area (Å²) >= 11 is 8.86. The molecule has 0 unspecified atom stereocenters. The SMILES string of the molecule is COC(=O)CN1C(=S)N(C)C(=O)/C1=C/c1cn(CCOc2ccccc2F)c2ccc(Br)cc12. The summed E-state index contributed by atoms with van der Waals surface area (Å²) in [6.45, 7) is 0.529. The number of rotatable bonds is 7. The number of carbonyl (C=O) groups is 2. The number of methoxy groups -OCH3 is 1. The quantitative estimate of drug-likeness (QED) is 0.252. The molecule has 0 spiro atoms. The van der Waals surface area contributed by atoms with E-state index in [9.17, 15) is 14.0 Å². The fourth-order valence-corrected chi connectivity index (χ4v) is 4.31. The van der Waals surface area contributed by atoms with Crippen LogP contribution in [-0.2, 0) is 20.9 Å². The van der Waals surface area contributed by atoms with Gasteiger partial charge in [0.1, 0.15) is 18.8 Å². The van der Waals surface area contributed by atoms with Crippen molar-refractivity contribution in [1.29, 1.82) is 0 Å². The van der Waals surface area contributed by atoms with Crippen LogP contribution < -0.4 is 4.74 Å². The summed E-state index contributed by atoms with van der Waals surface area (Å²) in [5.41, 5.74) is 1.95. The molecule has 10 heteroatoms. The lowest BCUT2D eigenvalue weighted by molar-refractivity contribution is -0.140. The molecular formula is C24H21BrFN3O4S. The number of ether oxygens (including phenoxy) is 2. The van der Waals surface area contributed by atoms with Crippen LogP contribution in [0.2, 0.25) is 0 Å². The number of para-hydroxylation sites is 1. The van der Waals surface area contributed by atoms with E-state index in [0.29, 0.717) is 6.54 Å². The number of benzene rings is 2. The van der Waals surface area contributed by atoms with Gasteiger partial charge in [-0.2, -0.15) is 0 Å². The molecule has 0 atom stereocenters. The Bertz CT molecular complexity index is 1320. The highest BCUT2D eigenvalue weighted by Gasteiger charge is 2.37. The zero-order valence-corrected chi connectivity index (χ0v) is 20.9. The summed E-state index contributed by atoms with van der Waals surface area (Å²) < 4.78 is 27.1. The molecule has 1 aliphatic heterocycles. The molecule has 0 radical (unpaired) electrons. The van der Waals surface area contributed by atoms with Crippen molar-refractivity contribution in [2.24, 2.45) is 0 Å². The summed E-state index contributed by atoms with van der Waals surface area (Å²) in [6.07, 6.45) is 3.60. The summed E-state index contributed by atoms with van der Waals surface area (Å²) in [5.74, 6) is -1.05. The van der Waals surface area contributed by atoms with Crippen LogP contribution in [0, 0.1) is 5.82 Å². The van der Waals surface area contributed by atoms with Crippen molar-refractivity contribution in [1.82, 2.24) is 14.4 Å². The van der Waals surface area contributed by atoms with E-state index in [4.69, 9.17) is 21.7 Å². The molecule has 0 aliphatic carbocycles. The molecule has 0 saturated carbocycles. The lowest BCUT2D eigenvalue weighted by Gasteiger charge is -2.16. The molecule has 1 saturated heterocycles. The van der Waals surface area contributed by atoms with Crippen molar-refractivity contribution in [3.63, 3.8) is 0 Å². The van der Waals surface area contributed by atoms with Gasteiger partial charge in [-0.3, -0.25) is 14.5 Å². The average Bonchev–Trinajstić information content (AvgIpc) is 3.25. The third kappa shape index (κ3) is 4.69. The van der Waals surface area contributed by atoms with Gasteiger partial charge in [0.15, 0.2) is 16.7 Å². The van der Waals surface area contributed by atoms with E-state index >= 15 is 0 Å². The van der Waals surface area contributed by atoms with Crippen LogP contribution >= 0.6 is 28.1 Å². The maximum Gasteiger partial charge on any atom is 0.325 e. The first-order chi connectivity index (χ1) is 16.3. The first-order valence-corrected chi connectivity index (χ1v) is 11.5. The molecular weight excluding hydrogens is 525 g/mol. The molecule has 4 rings (SSSR count). The molecule has 2 aromatic carbocycles. The highest BCUT2D eigenvalue weighted by molar-refractivity contribution is 9.10. The number of fused-ring (bicyclic) bond motifs is 1. The summed E-state index contributed by atoms with van der Waals surface area (Å²) in [6, 6.07) is 12.1.